The van der Waals surface area contributed by atoms with Gasteiger partial charge in [-0.05, 0) is 54.6 Å². The summed E-state index contributed by atoms with van der Waals surface area (Å²) < 4.78 is 0. The van der Waals surface area contributed by atoms with Gasteiger partial charge >= 0.3 is 0 Å². The minimum atomic E-state index is 1.19. The summed E-state index contributed by atoms with van der Waals surface area (Å²) in [5.41, 5.74) is 6.24. The number of H-pyrrole nitrogens is 1. The molecular weight excluding hydrogens is 270 g/mol. The van der Waals surface area contributed by atoms with Crippen molar-refractivity contribution in [2.24, 2.45) is 0 Å². The lowest BCUT2D eigenvalue weighted by Gasteiger charge is -2.12. The minimum absolute atomic E-state index is 1.19. The molecule has 2 aromatic carbocycles. The molecule has 2 aromatic heterocycles. The molecule has 3 nitrogen and oxygen atoms in total. The summed E-state index contributed by atoms with van der Waals surface area (Å²) in [6.45, 7) is 4.38. The monoisotopic (exact) mass is 289 g/mol. The molecule has 4 aromatic rings. The summed E-state index contributed by atoms with van der Waals surface area (Å²) in [5, 5.41) is 5.12. The Morgan fingerprint density at radius 2 is 1.77 bits per heavy atom. The molecule has 0 saturated carbocycles. The predicted molar refractivity (Wildman–Crippen MR) is 94.9 cm³/mol. The van der Waals surface area contributed by atoms with Gasteiger partial charge in [0.05, 0.1) is 5.52 Å². The van der Waals surface area contributed by atoms with E-state index < -0.39 is 0 Å². The molecule has 1 N–H and O–H groups in total. The van der Waals surface area contributed by atoms with Gasteiger partial charge < -0.3 is 9.88 Å². The molecule has 0 spiro atoms. The summed E-state index contributed by atoms with van der Waals surface area (Å²) in [6, 6.07) is 8.70. The van der Waals surface area contributed by atoms with E-state index in [-0.39, 0.29) is 0 Å². The average Bonchev–Trinajstić information content (AvgIpc) is 2.91. The molecule has 0 aliphatic rings. The van der Waals surface area contributed by atoms with E-state index in [1.54, 1.807) is 0 Å². The third-order valence-corrected chi connectivity index (χ3v) is 4.68. The maximum atomic E-state index is 4.31. The summed E-state index contributed by atoms with van der Waals surface area (Å²) in [4.78, 5) is 10.1. The zero-order valence-corrected chi connectivity index (χ0v) is 13.4. The molecule has 4 rings (SSSR count). The summed E-state index contributed by atoms with van der Waals surface area (Å²) in [5.74, 6) is 0. The van der Waals surface area contributed by atoms with Crippen LogP contribution in [0.15, 0.2) is 36.7 Å². The molecule has 0 radical (unpaired) electrons. The fourth-order valence-electron chi connectivity index (χ4n) is 3.42. The van der Waals surface area contributed by atoms with Gasteiger partial charge in [-0.2, -0.15) is 0 Å². The standard InChI is InChI=1S/C19H19N3/c1-11-16-10-20-8-7-14(16)12(2)19-18(11)15-9-13(22(3)4)5-6-17(15)21-19/h5-10,21H,1-4H3. The number of aromatic amines is 1. The van der Waals surface area contributed by atoms with Crippen molar-refractivity contribution < 1.29 is 0 Å². The molecule has 0 bridgehead atoms. The molecule has 3 heteroatoms. The van der Waals surface area contributed by atoms with Gasteiger partial charge in [0.2, 0.25) is 0 Å². The Morgan fingerprint density at radius 1 is 0.955 bits per heavy atom. The number of fused-ring (bicyclic) bond motifs is 4. The smallest absolute Gasteiger partial charge is 0.0503 e. The van der Waals surface area contributed by atoms with Crippen LogP contribution >= 0.6 is 0 Å². The number of nitrogens with one attached hydrogen (secondary N) is 1. The molecule has 0 atom stereocenters. The number of rotatable bonds is 1. The van der Waals surface area contributed by atoms with Crippen LogP contribution in [0.4, 0.5) is 5.69 Å². The number of aryl methyl sites for hydroxylation is 2. The first-order valence-electron chi connectivity index (χ1n) is 7.53. The first-order chi connectivity index (χ1) is 10.6. The molecule has 0 amide bonds. The van der Waals surface area contributed by atoms with Crippen molar-refractivity contribution in [2.45, 2.75) is 13.8 Å². The Labute approximate surface area is 129 Å². The van der Waals surface area contributed by atoms with Crippen molar-refractivity contribution in [3.8, 4) is 0 Å². The highest BCUT2D eigenvalue weighted by atomic mass is 15.1. The highest BCUT2D eigenvalue weighted by Crippen LogP contribution is 2.37. The zero-order valence-electron chi connectivity index (χ0n) is 13.4. The van der Waals surface area contributed by atoms with Crippen LogP contribution in [-0.2, 0) is 0 Å². The van der Waals surface area contributed by atoms with E-state index in [1.807, 2.05) is 12.4 Å². The number of anilines is 1. The van der Waals surface area contributed by atoms with Gasteiger partial charge in [0.15, 0.2) is 0 Å². The van der Waals surface area contributed by atoms with Crippen LogP contribution in [0.2, 0.25) is 0 Å². The average molecular weight is 289 g/mol. The van der Waals surface area contributed by atoms with Gasteiger partial charge in [-0.1, -0.05) is 0 Å². The maximum absolute atomic E-state index is 4.31. The first-order valence-corrected chi connectivity index (χ1v) is 7.53. The van der Waals surface area contributed by atoms with E-state index in [1.165, 1.54) is 49.4 Å². The van der Waals surface area contributed by atoms with Gasteiger partial charge in [0, 0.05) is 53.9 Å². The van der Waals surface area contributed by atoms with E-state index >= 15 is 0 Å². The van der Waals surface area contributed by atoms with E-state index in [2.05, 4.69) is 67.1 Å². The molecule has 0 unspecified atom stereocenters. The van der Waals surface area contributed by atoms with E-state index in [9.17, 15) is 0 Å². The lowest BCUT2D eigenvalue weighted by molar-refractivity contribution is 1.14. The highest BCUT2D eigenvalue weighted by molar-refractivity contribution is 6.16. The Bertz CT molecular complexity index is 1030. The zero-order chi connectivity index (χ0) is 15.4. The molecule has 0 saturated heterocycles. The molecule has 0 fully saturated rings. The largest absolute Gasteiger partial charge is 0.378 e. The fourth-order valence-corrected chi connectivity index (χ4v) is 3.42. The second-order valence-electron chi connectivity index (χ2n) is 6.17. The second-order valence-corrected chi connectivity index (χ2v) is 6.17. The highest BCUT2D eigenvalue weighted by Gasteiger charge is 2.14. The molecule has 0 aliphatic heterocycles. The third-order valence-electron chi connectivity index (χ3n) is 4.68. The molecule has 110 valence electrons. The normalized spacial score (nSPS) is 11.6. The summed E-state index contributed by atoms with van der Waals surface area (Å²) in [7, 11) is 4.15. The van der Waals surface area contributed by atoms with Gasteiger partial charge in [0.1, 0.15) is 0 Å². The number of benzene rings is 2. The Kier molecular flexibility index (Phi) is 2.67. The molecule has 2 heterocycles. The van der Waals surface area contributed by atoms with Crippen LogP contribution in [0, 0.1) is 13.8 Å². The van der Waals surface area contributed by atoms with E-state index in [0.29, 0.717) is 0 Å². The van der Waals surface area contributed by atoms with E-state index in [4.69, 9.17) is 0 Å². The van der Waals surface area contributed by atoms with Crippen molar-refractivity contribution in [1.29, 1.82) is 0 Å². The maximum Gasteiger partial charge on any atom is 0.0503 e. The summed E-state index contributed by atoms with van der Waals surface area (Å²) >= 11 is 0. The predicted octanol–water partition coefficient (Wildman–Crippen LogP) is 4.55. The van der Waals surface area contributed by atoms with Gasteiger partial charge in [-0.25, -0.2) is 0 Å². The van der Waals surface area contributed by atoms with Crippen LogP contribution in [0.3, 0.4) is 0 Å². The van der Waals surface area contributed by atoms with Crippen LogP contribution < -0.4 is 4.90 Å². The quantitative estimate of drug-likeness (QED) is 0.557. The lowest BCUT2D eigenvalue weighted by Crippen LogP contribution is -2.07. The van der Waals surface area contributed by atoms with Gasteiger partial charge in [0.25, 0.3) is 0 Å². The van der Waals surface area contributed by atoms with Gasteiger partial charge in [-0.3, -0.25) is 4.98 Å². The van der Waals surface area contributed by atoms with Crippen molar-refractivity contribution in [3.63, 3.8) is 0 Å². The van der Waals surface area contributed by atoms with Crippen molar-refractivity contribution >= 4 is 38.3 Å². The topological polar surface area (TPSA) is 31.9 Å². The van der Waals surface area contributed by atoms with Gasteiger partial charge in [-0.15, -0.1) is 0 Å². The number of hydrogen-bond donors (Lipinski definition) is 1. The number of aromatic nitrogens is 2. The first kappa shape index (κ1) is 13.1. The van der Waals surface area contributed by atoms with Crippen LogP contribution in [-0.4, -0.2) is 24.1 Å². The van der Waals surface area contributed by atoms with Crippen molar-refractivity contribution in [3.05, 3.63) is 47.8 Å². The molecule has 22 heavy (non-hydrogen) atoms. The van der Waals surface area contributed by atoms with Crippen LogP contribution in [0.5, 0.6) is 0 Å². The Balaban J connectivity index is 2.25. The van der Waals surface area contributed by atoms with Crippen LogP contribution in [0.1, 0.15) is 11.1 Å². The SMILES string of the molecule is Cc1c2ccncc2c(C)c2c1[nH]c1ccc(N(C)C)cc12. The third kappa shape index (κ3) is 1.65. The van der Waals surface area contributed by atoms with Crippen molar-refractivity contribution in [1.82, 2.24) is 9.97 Å². The summed E-state index contributed by atoms with van der Waals surface area (Å²) in [6.07, 6.45) is 3.85. The van der Waals surface area contributed by atoms with Crippen LogP contribution in [0.25, 0.3) is 32.6 Å². The fraction of sp³-hybridized carbons (Fsp3) is 0.211. The Hall–Kier alpha value is -2.55. The van der Waals surface area contributed by atoms with E-state index in [0.717, 1.165) is 0 Å². The van der Waals surface area contributed by atoms with Crippen molar-refractivity contribution in [2.75, 3.05) is 19.0 Å². The second kappa shape index (κ2) is 4.47. The molecule has 0 aliphatic carbocycles. The lowest BCUT2D eigenvalue weighted by atomic mass is 9.97. The Morgan fingerprint density at radius 3 is 2.55 bits per heavy atom. The number of pyridine rings is 1. The molecular formula is C19H19N3. The number of nitrogens with zero attached hydrogens (tertiary/aromatic N) is 2. The minimum Gasteiger partial charge on any atom is -0.378 e. The number of hydrogen-bond acceptors (Lipinski definition) is 2.